The summed E-state index contributed by atoms with van der Waals surface area (Å²) >= 11 is 6.17. The van der Waals surface area contributed by atoms with Crippen LogP contribution in [0, 0.1) is 0 Å². The average Bonchev–Trinajstić information content (AvgIpc) is 3.19. The Morgan fingerprint density at radius 1 is 1.11 bits per heavy atom. The van der Waals surface area contributed by atoms with Crippen molar-refractivity contribution in [1.29, 1.82) is 0 Å². The van der Waals surface area contributed by atoms with Crippen LogP contribution < -0.4 is 15.4 Å². The third-order valence-electron chi connectivity index (χ3n) is 5.13. The smallest absolute Gasteiger partial charge is 0.257 e. The van der Waals surface area contributed by atoms with E-state index in [-0.39, 0.29) is 18.4 Å². The molecular formula is C22H25ClN2O3. The molecule has 0 bridgehead atoms. The highest BCUT2D eigenvalue weighted by atomic mass is 35.5. The topological polar surface area (TPSA) is 67.4 Å². The first-order valence-electron chi connectivity index (χ1n) is 9.60. The van der Waals surface area contributed by atoms with E-state index < -0.39 is 5.41 Å². The number of likely N-dealkylation sites (N-methyl/N-ethyl adjacent to an activating group) is 1. The fourth-order valence-electron chi connectivity index (χ4n) is 3.69. The summed E-state index contributed by atoms with van der Waals surface area (Å²) in [6.07, 6.45) is 3.67. The van der Waals surface area contributed by atoms with Crippen molar-refractivity contribution in [2.24, 2.45) is 0 Å². The molecular weight excluding hydrogens is 376 g/mol. The third-order valence-corrected chi connectivity index (χ3v) is 5.36. The molecule has 2 amide bonds. The number of carbonyl (C=O) groups is 2. The van der Waals surface area contributed by atoms with Crippen molar-refractivity contribution >= 4 is 29.1 Å². The Hall–Kier alpha value is -2.53. The third kappa shape index (κ3) is 4.65. The lowest BCUT2D eigenvalue weighted by Gasteiger charge is -2.28. The van der Waals surface area contributed by atoms with E-state index in [1.807, 2.05) is 31.2 Å². The summed E-state index contributed by atoms with van der Waals surface area (Å²) in [4.78, 5) is 24.6. The van der Waals surface area contributed by atoms with Gasteiger partial charge in [0.25, 0.3) is 5.91 Å². The molecule has 0 radical (unpaired) electrons. The Morgan fingerprint density at radius 3 is 2.46 bits per heavy atom. The molecule has 3 rings (SSSR count). The van der Waals surface area contributed by atoms with Crippen LogP contribution in [0.25, 0.3) is 0 Å². The Morgan fingerprint density at radius 2 is 1.82 bits per heavy atom. The largest absolute Gasteiger partial charge is 0.484 e. The van der Waals surface area contributed by atoms with Crippen LogP contribution in [0.2, 0.25) is 5.02 Å². The van der Waals surface area contributed by atoms with Crippen LogP contribution in [-0.2, 0) is 15.0 Å². The SMILES string of the molecule is CCNC(=O)COc1ccc(NC(=O)C2(c3cccc(Cl)c3)CCCC2)cc1. The molecule has 6 heteroatoms. The van der Waals surface area contributed by atoms with Crippen molar-refractivity contribution in [3.63, 3.8) is 0 Å². The molecule has 0 spiro atoms. The lowest BCUT2D eigenvalue weighted by molar-refractivity contribution is -0.123. The maximum Gasteiger partial charge on any atom is 0.257 e. The van der Waals surface area contributed by atoms with Gasteiger partial charge in [-0.05, 0) is 61.7 Å². The number of rotatable bonds is 7. The Balaban J connectivity index is 1.68. The molecule has 148 valence electrons. The van der Waals surface area contributed by atoms with E-state index in [4.69, 9.17) is 16.3 Å². The lowest BCUT2D eigenvalue weighted by Crippen LogP contribution is -2.38. The summed E-state index contributed by atoms with van der Waals surface area (Å²) < 4.78 is 5.44. The molecule has 1 fully saturated rings. The molecule has 0 aliphatic heterocycles. The molecule has 1 saturated carbocycles. The number of ether oxygens (including phenoxy) is 1. The van der Waals surface area contributed by atoms with Crippen LogP contribution in [0.3, 0.4) is 0 Å². The molecule has 2 N–H and O–H groups in total. The molecule has 1 aliphatic rings. The van der Waals surface area contributed by atoms with E-state index in [1.165, 1.54) is 0 Å². The van der Waals surface area contributed by atoms with Gasteiger partial charge in [-0.25, -0.2) is 0 Å². The van der Waals surface area contributed by atoms with Crippen LogP contribution in [0.4, 0.5) is 5.69 Å². The van der Waals surface area contributed by atoms with Crippen molar-refractivity contribution in [2.45, 2.75) is 38.0 Å². The summed E-state index contributed by atoms with van der Waals surface area (Å²) in [5.41, 5.74) is 1.12. The Bertz CT molecular complexity index is 830. The number of hydrogen-bond acceptors (Lipinski definition) is 3. The molecule has 1 aliphatic carbocycles. The highest BCUT2D eigenvalue weighted by Gasteiger charge is 2.42. The predicted octanol–water partition coefficient (Wildman–Crippen LogP) is 4.31. The molecule has 2 aromatic rings. The minimum Gasteiger partial charge on any atom is -0.484 e. The van der Waals surface area contributed by atoms with Crippen molar-refractivity contribution in [1.82, 2.24) is 5.32 Å². The summed E-state index contributed by atoms with van der Waals surface area (Å²) in [6.45, 7) is 2.40. The number of hydrogen-bond donors (Lipinski definition) is 2. The molecule has 28 heavy (non-hydrogen) atoms. The van der Waals surface area contributed by atoms with Crippen LogP contribution in [0.5, 0.6) is 5.75 Å². The van der Waals surface area contributed by atoms with Gasteiger partial charge in [0.2, 0.25) is 5.91 Å². The maximum atomic E-state index is 13.2. The summed E-state index contributed by atoms with van der Waals surface area (Å²) in [6, 6.07) is 14.7. The number of benzene rings is 2. The van der Waals surface area contributed by atoms with E-state index in [1.54, 1.807) is 24.3 Å². The molecule has 2 aromatic carbocycles. The van der Waals surface area contributed by atoms with Gasteiger partial charge in [-0.1, -0.05) is 36.6 Å². The zero-order valence-electron chi connectivity index (χ0n) is 16.0. The number of amides is 2. The van der Waals surface area contributed by atoms with Crippen molar-refractivity contribution < 1.29 is 14.3 Å². The van der Waals surface area contributed by atoms with Gasteiger partial charge in [0.1, 0.15) is 5.75 Å². The molecule has 5 nitrogen and oxygen atoms in total. The van der Waals surface area contributed by atoms with Crippen LogP contribution >= 0.6 is 11.6 Å². The monoisotopic (exact) mass is 400 g/mol. The summed E-state index contributed by atoms with van der Waals surface area (Å²) in [5.74, 6) is 0.405. The second-order valence-corrected chi connectivity index (χ2v) is 7.46. The molecule has 0 atom stereocenters. The number of nitrogens with one attached hydrogen (secondary N) is 2. The maximum absolute atomic E-state index is 13.2. The van der Waals surface area contributed by atoms with E-state index in [9.17, 15) is 9.59 Å². The van der Waals surface area contributed by atoms with Crippen molar-refractivity contribution in [2.75, 3.05) is 18.5 Å². The van der Waals surface area contributed by atoms with Gasteiger partial charge < -0.3 is 15.4 Å². The van der Waals surface area contributed by atoms with Crippen LogP contribution in [-0.4, -0.2) is 25.0 Å². The average molecular weight is 401 g/mol. The van der Waals surface area contributed by atoms with E-state index in [0.717, 1.165) is 31.2 Å². The zero-order chi connectivity index (χ0) is 20.0. The number of halogens is 1. The van der Waals surface area contributed by atoms with Gasteiger partial charge >= 0.3 is 0 Å². The first-order chi connectivity index (χ1) is 13.5. The first kappa shape index (κ1) is 20.2. The van der Waals surface area contributed by atoms with Crippen molar-refractivity contribution in [3.05, 3.63) is 59.1 Å². The zero-order valence-corrected chi connectivity index (χ0v) is 16.7. The summed E-state index contributed by atoms with van der Waals surface area (Å²) in [5, 5.41) is 6.36. The van der Waals surface area contributed by atoms with Gasteiger partial charge in [-0.3, -0.25) is 9.59 Å². The van der Waals surface area contributed by atoms with Crippen LogP contribution in [0.15, 0.2) is 48.5 Å². The second-order valence-electron chi connectivity index (χ2n) is 7.02. The van der Waals surface area contributed by atoms with Gasteiger partial charge in [0.05, 0.1) is 5.41 Å². The van der Waals surface area contributed by atoms with E-state index >= 15 is 0 Å². The lowest BCUT2D eigenvalue weighted by atomic mass is 9.78. The highest BCUT2D eigenvalue weighted by molar-refractivity contribution is 6.30. The standard InChI is InChI=1S/C22H25ClN2O3/c1-2-24-20(26)15-28-19-10-8-18(9-11-19)25-21(27)22(12-3-4-13-22)16-6-5-7-17(23)14-16/h5-11,14H,2-4,12-13,15H2,1H3,(H,24,26)(H,25,27). The Kier molecular flexibility index (Phi) is 6.57. The Labute approximate surface area is 170 Å². The molecule has 0 aromatic heterocycles. The number of carbonyl (C=O) groups excluding carboxylic acids is 2. The van der Waals surface area contributed by atoms with Gasteiger partial charge in [0.15, 0.2) is 6.61 Å². The molecule has 0 saturated heterocycles. The quantitative estimate of drug-likeness (QED) is 0.727. The van der Waals surface area contributed by atoms with Gasteiger partial charge in [0, 0.05) is 17.3 Å². The molecule has 0 unspecified atom stereocenters. The molecule has 0 heterocycles. The highest BCUT2D eigenvalue weighted by Crippen LogP contribution is 2.42. The fourth-order valence-corrected chi connectivity index (χ4v) is 3.88. The number of anilines is 1. The minimum atomic E-state index is -0.543. The first-order valence-corrected chi connectivity index (χ1v) is 9.98. The normalized spacial score (nSPS) is 15.1. The van der Waals surface area contributed by atoms with E-state index in [0.29, 0.717) is 23.0 Å². The van der Waals surface area contributed by atoms with Gasteiger partial charge in [-0.2, -0.15) is 0 Å². The van der Waals surface area contributed by atoms with Gasteiger partial charge in [-0.15, -0.1) is 0 Å². The predicted molar refractivity (Wildman–Crippen MR) is 111 cm³/mol. The second kappa shape index (κ2) is 9.11. The van der Waals surface area contributed by atoms with E-state index in [2.05, 4.69) is 10.6 Å². The van der Waals surface area contributed by atoms with Crippen molar-refractivity contribution in [3.8, 4) is 5.75 Å². The minimum absolute atomic E-state index is 0.0109. The summed E-state index contributed by atoms with van der Waals surface area (Å²) in [7, 11) is 0. The van der Waals surface area contributed by atoms with Crippen LogP contribution in [0.1, 0.15) is 38.2 Å². The fraction of sp³-hybridized carbons (Fsp3) is 0.364.